The number of carbonyl (C=O) groups is 2. The molecule has 2 atom stereocenters. The summed E-state index contributed by atoms with van der Waals surface area (Å²) in [6, 6.07) is 9.49. The number of ether oxygens (including phenoxy) is 1. The van der Waals surface area contributed by atoms with Gasteiger partial charge < -0.3 is 14.6 Å². The normalized spacial score (nSPS) is 14.2. The number of hydrogen-bond acceptors (Lipinski definition) is 5. The first-order chi connectivity index (χ1) is 13.8. The Hall–Kier alpha value is -1.69. The van der Waals surface area contributed by atoms with E-state index in [1.54, 1.807) is 6.92 Å². The van der Waals surface area contributed by atoms with Crippen molar-refractivity contribution in [3.63, 3.8) is 0 Å². The molecule has 164 valence electrons. The summed E-state index contributed by atoms with van der Waals surface area (Å²) in [5.74, 6) is -0.780. The molecule has 0 aliphatic carbocycles. The van der Waals surface area contributed by atoms with Gasteiger partial charge >= 0.3 is 5.97 Å². The molecule has 2 N–H and O–H groups in total. The maximum Gasteiger partial charge on any atom is 0.307 e. The maximum atomic E-state index is 13.3. The van der Waals surface area contributed by atoms with E-state index in [0.29, 0.717) is 12.8 Å². The quantitative estimate of drug-likeness (QED) is 0.269. The number of hydrogen-bond donors (Lipinski definition) is 2. The zero-order chi connectivity index (χ0) is 21.7. The van der Waals surface area contributed by atoms with Gasteiger partial charge in [-0.15, -0.1) is 0 Å². The van der Waals surface area contributed by atoms with E-state index in [4.69, 9.17) is 4.52 Å². The van der Waals surface area contributed by atoms with E-state index in [1.807, 2.05) is 32.0 Å². The van der Waals surface area contributed by atoms with Gasteiger partial charge in [-0.3, -0.25) is 14.2 Å². The lowest BCUT2D eigenvalue weighted by molar-refractivity contribution is -0.140. The van der Waals surface area contributed by atoms with Crippen LogP contribution in [0.1, 0.15) is 45.6 Å². The Balaban J connectivity index is 2.61. The maximum absolute atomic E-state index is 13.3. The van der Waals surface area contributed by atoms with Crippen LogP contribution in [0.15, 0.2) is 30.3 Å². The van der Waals surface area contributed by atoms with Crippen LogP contribution >= 0.6 is 7.52 Å². The zero-order valence-electron chi connectivity index (χ0n) is 18.0. The molecule has 0 aliphatic heterocycles. The lowest BCUT2D eigenvalue weighted by atomic mass is 10.1. The van der Waals surface area contributed by atoms with Crippen LogP contribution in [0.4, 0.5) is 0 Å². The van der Waals surface area contributed by atoms with Gasteiger partial charge in [-0.1, -0.05) is 44.2 Å². The second kappa shape index (κ2) is 13.5. The zero-order valence-corrected chi connectivity index (χ0v) is 18.9. The summed E-state index contributed by atoms with van der Waals surface area (Å²) in [6.45, 7) is 6.02. The summed E-state index contributed by atoms with van der Waals surface area (Å²) < 4.78 is 23.4. The number of unbranched alkanes of at least 4 members (excludes halogenated alkanes) is 1. The van der Waals surface area contributed by atoms with Gasteiger partial charge in [0, 0.05) is 12.7 Å². The topological polar surface area (TPSA) is 93.7 Å². The monoisotopic (exact) mass is 426 g/mol. The highest BCUT2D eigenvalue weighted by Crippen LogP contribution is 2.44. The molecule has 1 aromatic carbocycles. The summed E-state index contributed by atoms with van der Waals surface area (Å²) in [6.07, 6.45) is 2.99. The molecule has 1 amide bonds. The van der Waals surface area contributed by atoms with E-state index in [-0.39, 0.29) is 24.8 Å². The summed E-state index contributed by atoms with van der Waals surface area (Å²) in [5.41, 5.74) is 1.25. The van der Waals surface area contributed by atoms with E-state index in [9.17, 15) is 14.2 Å². The number of carbonyl (C=O) groups excluding carboxylic acids is 2. The van der Waals surface area contributed by atoms with E-state index >= 15 is 0 Å². The number of amides is 1. The summed E-state index contributed by atoms with van der Waals surface area (Å²) >= 11 is 0. The molecule has 1 unspecified atom stereocenters. The van der Waals surface area contributed by atoms with Gasteiger partial charge in [0.05, 0.1) is 26.2 Å². The Morgan fingerprint density at radius 1 is 1.14 bits per heavy atom. The number of esters is 1. The van der Waals surface area contributed by atoms with Crippen LogP contribution < -0.4 is 10.4 Å². The molecule has 0 bridgehead atoms. The summed E-state index contributed by atoms with van der Waals surface area (Å²) in [7, 11) is -1.86. The largest absolute Gasteiger partial charge is 0.469 e. The predicted octanol–water partition coefficient (Wildman–Crippen LogP) is 3.53. The molecule has 0 saturated carbocycles. The fraction of sp³-hybridized carbons (Fsp3) is 0.619. The van der Waals surface area contributed by atoms with Crippen LogP contribution in [0.3, 0.4) is 0 Å². The second-order valence-corrected chi connectivity index (χ2v) is 9.54. The Labute approximate surface area is 174 Å². The highest BCUT2D eigenvalue weighted by Gasteiger charge is 2.31. The van der Waals surface area contributed by atoms with Crippen molar-refractivity contribution in [2.75, 3.05) is 26.4 Å². The molecular weight excluding hydrogens is 391 g/mol. The number of nitrogens with one attached hydrogen (secondary N) is 2. The lowest BCUT2D eigenvalue weighted by Crippen LogP contribution is -2.47. The average molecular weight is 426 g/mol. The summed E-state index contributed by atoms with van der Waals surface area (Å²) in [4.78, 5) is 23.8. The molecule has 0 aromatic heterocycles. The van der Waals surface area contributed by atoms with Crippen LogP contribution in [0.2, 0.25) is 0 Å². The van der Waals surface area contributed by atoms with Crippen LogP contribution in [0.5, 0.6) is 0 Å². The first kappa shape index (κ1) is 25.3. The van der Waals surface area contributed by atoms with Crippen molar-refractivity contribution >= 4 is 19.4 Å². The van der Waals surface area contributed by atoms with Crippen molar-refractivity contribution in [1.82, 2.24) is 10.4 Å². The van der Waals surface area contributed by atoms with Gasteiger partial charge in [0.2, 0.25) is 5.91 Å². The minimum Gasteiger partial charge on any atom is -0.469 e. The molecule has 0 heterocycles. The van der Waals surface area contributed by atoms with Gasteiger partial charge in [0.15, 0.2) is 0 Å². The molecule has 1 rings (SSSR count). The predicted molar refractivity (Wildman–Crippen MR) is 115 cm³/mol. The van der Waals surface area contributed by atoms with Crippen molar-refractivity contribution in [2.24, 2.45) is 5.92 Å². The Morgan fingerprint density at radius 2 is 1.83 bits per heavy atom. The van der Waals surface area contributed by atoms with Crippen molar-refractivity contribution in [3.05, 3.63) is 35.9 Å². The van der Waals surface area contributed by atoms with E-state index in [2.05, 4.69) is 27.3 Å². The smallest absolute Gasteiger partial charge is 0.307 e. The molecule has 1 aromatic rings. The van der Waals surface area contributed by atoms with E-state index in [0.717, 1.165) is 19.3 Å². The molecule has 7 nitrogen and oxygen atoms in total. The van der Waals surface area contributed by atoms with Crippen molar-refractivity contribution < 1.29 is 23.4 Å². The fourth-order valence-corrected chi connectivity index (χ4v) is 5.12. The highest BCUT2D eigenvalue weighted by molar-refractivity contribution is 7.56. The minimum atomic E-state index is -3.16. The fourth-order valence-electron chi connectivity index (χ4n) is 2.89. The third kappa shape index (κ3) is 10.1. The number of rotatable bonds is 14. The Kier molecular flexibility index (Phi) is 11.8. The van der Waals surface area contributed by atoms with Crippen LogP contribution in [0, 0.1) is 5.92 Å². The van der Waals surface area contributed by atoms with Crippen LogP contribution in [-0.4, -0.2) is 44.3 Å². The summed E-state index contributed by atoms with van der Waals surface area (Å²) in [5, 5.41) is 5.69. The van der Waals surface area contributed by atoms with E-state index in [1.165, 1.54) is 12.7 Å². The van der Waals surface area contributed by atoms with E-state index < -0.39 is 19.5 Å². The van der Waals surface area contributed by atoms with Crippen LogP contribution in [-0.2, 0) is 29.8 Å². The first-order valence-corrected chi connectivity index (χ1v) is 12.0. The van der Waals surface area contributed by atoms with Gasteiger partial charge in [-0.05, 0) is 37.7 Å². The van der Waals surface area contributed by atoms with Crippen molar-refractivity contribution in [2.45, 2.75) is 52.5 Å². The first-order valence-electron chi connectivity index (χ1n) is 10.2. The second-order valence-electron chi connectivity index (χ2n) is 7.23. The van der Waals surface area contributed by atoms with Crippen LogP contribution in [0.25, 0.3) is 0 Å². The van der Waals surface area contributed by atoms with Crippen molar-refractivity contribution in [3.8, 4) is 0 Å². The van der Waals surface area contributed by atoms with Gasteiger partial charge in [-0.25, -0.2) is 5.09 Å². The number of methoxy groups -OCH3 is 1. The Bertz CT molecular complexity index is 666. The molecule has 0 radical (unpaired) electrons. The minimum absolute atomic E-state index is 0.0915. The van der Waals surface area contributed by atoms with Gasteiger partial charge in [-0.2, -0.15) is 0 Å². The standard InChI is InChI=1S/C21H35N2O5P/c1-5-28-29(26,16-10-9-13-18-11-7-6-8-12-18)23-20(17(2)3)21(25)22-15-14-19(24)27-4/h6-8,11-12,17,20H,5,9-10,13-16H2,1-4H3,(H,22,25)(H,23,26)/t20-,29?/m0/s1. The molecule has 0 aliphatic rings. The molecule has 8 heteroatoms. The molecular formula is C21H35N2O5P. The highest BCUT2D eigenvalue weighted by atomic mass is 31.2. The molecule has 0 spiro atoms. The molecule has 29 heavy (non-hydrogen) atoms. The number of benzene rings is 1. The third-order valence-electron chi connectivity index (χ3n) is 4.49. The Morgan fingerprint density at radius 3 is 2.41 bits per heavy atom. The SMILES string of the molecule is CCOP(=O)(CCCCc1ccccc1)N[C@H](C(=O)NCCC(=O)OC)C(C)C. The number of aryl methyl sites for hydroxylation is 1. The van der Waals surface area contributed by atoms with Gasteiger partial charge in [0.25, 0.3) is 7.52 Å². The average Bonchev–Trinajstić information content (AvgIpc) is 2.70. The molecule has 0 fully saturated rings. The van der Waals surface area contributed by atoms with Gasteiger partial charge in [0.1, 0.15) is 0 Å². The lowest BCUT2D eigenvalue weighted by Gasteiger charge is -2.27. The third-order valence-corrected chi connectivity index (χ3v) is 6.74. The molecule has 0 saturated heterocycles. The van der Waals surface area contributed by atoms with Crippen molar-refractivity contribution in [1.29, 1.82) is 0 Å².